The Labute approximate surface area is 334 Å². The lowest BCUT2D eigenvalue weighted by Crippen LogP contribution is -2.43. The van der Waals surface area contributed by atoms with Gasteiger partial charge in [0.2, 0.25) is 0 Å². The molecule has 0 N–H and O–H groups in total. The number of nitro groups is 2. The first-order valence-electron chi connectivity index (χ1n) is 18.1. The third-order valence-electron chi connectivity index (χ3n) is 11.3. The molecular formula is C42H22N6O8S2. The summed E-state index contributed by atoms with van der Waals surface area (Å²) in [6.45, 7) is 0. The Hall–Kier alpha value is -7.40. The van der Waals surface area contributed by atoms with Crippen molar-refractivity contribution in [2.75, 3.05) is 9.80 Å². The standard InChI is InChI=1S/C42H22N6O8S2/c43-17-29-33-27-15-21(47(53)54)9-7-19(27)3-1-5-31(33)57-41(29)45-37(49)23-11-13-25-36-26(14-12-24(35(23)36)38(45)50)40(52)46(39(25)51)42-30(18-44)34-28-16-22(48(55)56)10-8-20(28)4-2-6-32(34)58-42/h7-16H,1-6H2. The van der Waals surface area contributed by atoms with Gasteiger partial charge in [-0.25, -0.2) is 9.80 Å². The molecule has 6 aromatic rings. The van der Waals surface area contributed by atoms with Crippen LogP contribution in [0.1, 0.15) is 86.3 Å². The molecule has 0 atom stereocenters. The largest absolute Gasteiger partial charge is 0.270 e. The van der Waals surface area contributed by atoms with Crippen LogP contribution in [0.4, 0.5) is 21.4 Å². The van der Waals surface area contributed by atoms with Crippen LogP contribution in [-0.2, 0) is 25.7 Å². The molecule has 4 heterocycles. The second-order valence-electron chi connectivity index (χ2n) is 14.3. The van der Waals surface area contributed by atoms with Crippen LogP contribution in [0.25, 0.3) is 33.0 Å². The van der Waals surface area contributed by atoms with Gasteiger partial charge in [-0.1, -0.05) is 12.1 Å². The molecule has 2 aromatic heterocycles. The Morgan fingerprint density at radius 3 is 1.22 bits per heavy atom. The monoisotopic (exact) mass is 802 g/mol. The Morgan fingerprint density at radius 2 is 0.897 bits per heavy atom. The number of rotatable bonds is 4. The number of carbonyl (C=O) groups excluding carboxylic acids is 4. The van der Waals surface area contributed by atoms with Gasteiger partial charge in [-0.15, -0.1) is 22.7 Å². The summed E-state index contributed by atoms with van der Waals surface area (Å²) >= 11 is 2.22. The van der Waals surface area contributed by atoms with Crippen LogP contribution in [0.5, 0.6) is 0 Å². The first-order chi connectivity index (χ1) is 28.0. The number of amides is 4. The second kappa shape index (κ2) is 12.6. The van der Waals surface area contributed by atoms with Crippen LogP contribution in [0.15, 0.2) is 60.7 Å². The van der Waals surface area contributed by atoms with Crippen molar-refractivity contribution in [1.29, 1.82) is 10.5 Å². The molecule has 4 amide bonds. The Bertz CT molecular complexity index is 2830. The molecule has 2 aliphatic heterocycles. The lowest BCUT2D eigenvalue weighted by Gasteiger charge is -2.31. The van der Waals surface area contributed by atoms with E-state index in [1.807, 2.05) is 0 Å². The molecular weight excluding hydrogens is 781 g/mol. The minimum atomic E-state index is -0.766. The highest BCUT2D eigenvalue weighted by molar-refractivity contribution is 7.18. The van der Waals surface area contributed by atoms with E-state index in [-0.39, 0.29) is 65.5 Å². The quantitative estimate of drug-likeness (QED) is 0.0943. The molecule has 2 aliphatic carbocycles. The van der Waals surface area contributed by atoms with Crippen LogP contribution >= 0.6 is 22.7 Å². The van der Waals surface area contributed by atoms with E-state index >= 15 is 0 Å². The number of nitrogens with zero attached hydrogens (tertiary/aromatic N) is 6. The van der Waals surface area contributed by atoms with Crippen molar-refractivity contribution >= 4 is 78.5 Å². The van der Waals surface area contributed by atoms with Crippen LogP contribution in [0.3, 0.4) is 0 Å². The average molecular weight is 803 g/mol. The summed E-state index contributed by atoms with van der Waals surface area (Å²) in [4.78, 5) is 83.6. The molecule has 58 heavy (non-hydrogen) atoms. The van der Waals surface area contributed by atoms with E-state index in [0.717, 1.165) is 43.6 Å². The number of carbonyl (C=O) groups is 4. The molecule has 16 heteroatoms. The van der Waals surface area contributed by atoms with Crippen LogP contribution in [0, 0.1) is 42.9 Å². The fourth-order valence-electron chi connectivity index (χ4n) is 8.75. The highest BCUT2D eigenvalue weighted by Gasteiger charge is 2.44. The molecule has 10 rings (SSSR count). The number of thiophene rings is 2. The number of aryl methyl sites for hydroxylation is 4. The molecule has 0 bridgehead atoms. The van der Waals surface area contributed by atoms with Crippen molar-refractivity contribution in [2.45, 2.75) is 38.5 Å². The summed E-state index contributed by atoms with van der Waals surface area (Å²) in [7, 11) is 0. The van der Waals surface area contributed by atoms with Crippen molar-refractivity contribution in [3.05, 3.63) is 135 Å². The predicted octanol–water partition coefficient (Wildman–Crippen LogP) is 8.44. The fraction of sp³-hybridized carbons (Fsp3) is 0.143. The lowest BCUT2D eigenvalue weighted by molar-refractivity contribution is -0.385. The zero-order chi connectivity index (χ0) is 40.3. The van der Waals surface area contributed by atoms with Gasteiger partial charge in [-0.2, -0.15) is 10.5 Å². The van der Waals surface area contributed by atoms with Gasteiger partial charge in [0.15, 0.2) is 0 Å². The molecule has 14 nitrogen and oxygen atoms in total. The number of nitro benzene ring substituents is 2. The number of fused-ring (bicyclic) bond motifs is 6. The first kappa shape index (κ1) is 35.0. The third kappa shape index (κ3) is 4.73. The molecule has 280 valence electrons. The van der Waals surface area contributed by atoms with Crippen LogP contribution in [-0.4, -0.2) is 33.5 Å². The summed E-state index contributed by atoms with van der Waals surface area (Å²) < 4.78 is 0. The Kier molecular flexibility index (Phi) is 7.59. The summed E-state index contributed by atoms with van der Waals surface area (Å²) in [5, 5.41) is 44.9. The maximum absolute atomic E-state index is 14.5. The Morgan fingerprint density at radius 1 is 0.534 bits per heavy atom. The maximum Gasteiger partial charge on any atom is 0.270 e. The topological polar surface area (TPSA) is 209 Å². The highest BCUT2D eigenvalue weighted by atomic mass is 32.1. The number of nitriles is 2. The molecule has 0 fully saturated rings. The van der Waals surface area contributed by atoms with E-state index in [4.69, 9.17) is 0 Å². The summed E-state index contributed by atoms with van der Waals surface area (Å²) in [6, 6.07) is 19.0. The van der Waals surface area contributed by atoms with Crippen molar-refractivity contribution in [1.82, 2.24) is 0 Å². The van der Waals surface area contributed by atoms with Gasteiger partial charge in [-0.05, 0) is 85.0 Å². The van der Waals surface area contributed by atoms with Gasteiger partial charge in [0.1, 0.15) is 22.1 Å². The van der Waals surface area contributed by atoms with Gasteiger partial charge >= 0.3 is 0 Å². The summed E-state index contributed by atoms with van der Waals surface area (Å²) in [5.74, 6) is -3.07. The minimum absolute atomic E-state index is 0.0338. The normalized spacial score (nSPS) is 15.1. The zero-order valence-electron chi connectivity index (χ0n) is 29.8. The van der Waals surface area contributed by atoms with E-state index < -0.39 is 33.5 Å². The fourth-order valence-corrected chi connectivity index (χ4v) is 11.4. The molecule has 0 spiro atoms. The van der Waals surface area contributed by atoms with Crippen molar-refractivity contribution < 1.29 is 29.0 Å². The van der Waals surface area contributed by atoms with E-state index in [2.05, 4.69) is 12.1 Å². The number of hydrogen-bond acceptors (Lipinski definition) is 12. The second-order valence-corrected chi connectivity index (χ2v) is 16.4. The first-order valence-corrected chi connectivity index (χ1v) is 19.7. The minimum Gasteiger partial charge on any atom is -0.268 e. The van der Waals surface area contributed by atoms with Crippen LogP contribution < -0.4 is 9.80 Å². The van der Waals surface area contributed by atoms with Crippen molar-refractivity contribution in [2.24, 2.45) is 0 Å². The van der Waals surface area contributed by atoms with E-state index in [1.165, 1.54) is 48.5 Å². The van der Waals surface area contributed by atoms with E-state index in [9.17, 15) is 49.9 Å². The summed E-state index contributed by atoms with van der Waals surface area (Å²) in [6.07, 6.45) is 3.63. The number of imide groups is 2. The number of hydrogen-bond donors (Lipinski definition) is 0. The van der Waals surface area contributed by atoms with Crippen LogP contribution in [0.2, 0.25) is 0 Å². The predicted molar refractivity (Wildman–Crippen MR) is 213 cm³/mol. The van der Waals surface area contributed by atoms with Gasteiger partial charge in [-0.3, -0.25) is 39.4 Å². The molecule has 0 unspecified atom stereocenters. The van der Waals surface area contributed by atoms with Gasteiger partial charge in [0, 0.05) is 78.2 Å². The SMILES string of the molecule is N#Cc1c(N2C(=O)c3ccc4c5c(ccc(c35)C2=O)C(=O)N(c2sc3c(c2C#N)-c2cc([N+](=O)[O-])ccc2CCC3)C4=O)sc2c1-c1cc([N+](=O)[O-])ccc1CCC2. The smallest absolute Gasteiger partial charge is 0.268 e. The molecule has 0 radical (unpaired) electrons. The maximum atomic E-state index is 14.5. The van der Waals surface area contributed by atoms with Crippen molar-refractivity contribution in [3.8, 4) is 34.4 Å². The Balaban J connectivity index is 1.09. The molecule has 4 aromatic carbocycles. The number of anilines is 2. The van der Waals surface area contributed by atoms with Gasteiger partial charge in [0.25, 0.3) is 35.0 Å². The molecule has 4 aliphatic rings. The van der Waals surface area contributed by atoms with Crippen molar-refractivity contribution in [3.63, 3.8) is 0 Å². The average Bonchev–Trinajstić information content (AvgIpc) is 3.63. The molecule has 0 saturated heterocycles. The zero-order valence-corrected chi connectivity index (χ0v) is 31.4. The van der Waals surface area contributed by atoms with Gasteiger partial charge < -0.3 is 0 Å². The third-order valence-corrected chi connectivity index (χ3v) is 13.8. The van der Waals surface area contributed by atoms with Gasteiger partial charge in [0.05, 0.1) is 21.0 Å². The summed E-state index contributed by atoms with van der Waals surface area (Å²) in [5.41, 5.74) is 3.45. The van der Waals surface area contributed by atoms with E-state index in [0.29, 0.717) is 70.5 Å². The molecule has 0 saturated carbocycles. The highest BCUT2D eigenvalue weighted by Crippen LogP contribution is 2.51. The number of benzene rings is 4. The number of non-ortho nitro benzene ring substituents is 2. The lowest BCUT2D eigenvalue weighted by atomic mass is 9.85. The van der Waals surface area contributed by atoms with E-state index in [1.54, 1.807) is 12.1 Å².